The fraction of sp³-hybridized carbons (Fsp3) is 0.429. The number of H-pyrrole nitrogens is 1. The third-order valence-corrected chi connectivity index (χ3v) is 1.94. The number of ether oxygens (including phenoxy) is 1. The first-order chi connectivity index (χ1) is 6.25. The van der Waals surface area contributed by atoms with Gasteiger partial charge in [-0.15, -0.1) is 0 Å². The summed E-state index contributed by atoms with van der Waals surface area (Å²) in [4.78, 5) is 17.2. The predicted molar refractivity (Wildman–Crippen MR) is 42.0 cm³/mol. The lowest BCUT2D eigenvalue weighted by atomic mass is 10.1. The van der Waals surface area contributed by atoms with Crippen LogP contribution in [0.1, 0.15) is 11.4 Å². The van der Waals surface area contributed by atoms with E-state index in [1.54, 1.807) is 6.33 Å². The molecule has 0 aliphatic carbocycles. The highest BCUT2D eigenvalue weighted by molar-refractivity contribution is 5.57. The van der Waals surface area contributed by atoms with E-state index in [0.717, 1.165) is 11.4 Å². The quantitative estimate of drug-likeness (QED) is 0.536. The number of fused-ring (bicyclic) bond motifs is 1. The minimum absolute atomic E-state index is 0.477. The summed E-state index contributed by atoms with van der Waals surface area (Å²) in [7, 11) is 0. The number of aromatic nitrogens is 2. The molecule has 0 aromatic carbocycles. The molecule has 6 nitrogen and oxygen atoms in total. The number of carboxylic acid groups (broad SMARTS) is 1. The lowest BCUT2D eigenvalue weighted by Crippen LogP contribution is -2.38. The number of hydrogen-bond acceptors (Lipinski definition) is 4. The first-order valence-electron chi connectivity index (χ1n) is 3.90. The number of aromatic amines is 1. The Balaban J connectivity index is 2.04. The van der Waals surface area contributed by atoms with E-state index in [-0.39, 0.29) is 0 Å². The van der Waals surface area contributed by atoms with Crippen molar-refractivity contribution < 1.29 is 14.6 Å². The summed E-state index contributed by atoms with van der Waals surface area (Å²) >= 11 is 0. The zero-order chi connectivity index (χ0) is 9.26. The van der Waals surface area contributed by atoms with Crippen molar-refractivity contribution in [2.75, 3.05) is 0 Å². The molecular weight excluding hydrogens is 174 g/mol. The van der Waals surface area contributed by atoms with Gasteiger partial charge in [0.2, 0.25) is 0 Å². The van der Waals surface area contributed by atoms with Crippen molar-refractivity contribution in [1.29, 1.82) is 0 Å². The van der Waals surface area contributed by atoms with E-state index >= 15 is 0 Å². The maximum absolute atomic E-state index is 10.2. The van der Waals surface area contributed by atoms with Crippen LogP contribution >= 0.6 is 0 Å². The van der Waals surface area contributed by atoms with Gasteiger partial charge in [0.15, 0.2) is 6.23 Å². The van der Waals surface area contributed by atoms with E-state index in [1.165, 1.54) is 0 Å². The van der Waals surface area contributed by atoms with Crippen molar-refractivity contribution >= 4 is 6.16 Å². The molecule has 0 spiro atoms. The van der Waals surface area contributed by atoms with Gasteiger partial charge in [-0.2, -0.15) is 0 Å². The van der Waals surface area contributed by atoms with Gasteiger partial charge in [-0.1, -0.05) is 0 Å². The third-order valence-electron chi connectivity index (χ3n) is 1.94. The Kier molecular flexibility index (Phi) is 1.90. The van der Waals surface area contributed by atoms with Crippen LogP contribution in [0.4, 0.5) is 4.79 Å². The molecule has 6 heteroatoms. The molecule has 13 heavy (non-hydrogen) atoms. The maximum atomic E-state index is 10.2. The van der Waals surface area contributed by atoms with Gasteiger partial charge in [0.1, 0.15) is 0 Å². The fourth-order valence-electron chi connectivity index (χ4n) is 1.35. The van der Waals surface area contributed by atoms with Gasteiger partial charge in [0.05, 0.1) is 17.7 Å². The summed E-state index contributed by atoms with van der Waals surface area (Å²) in [5, 5.41) is 11.3. The van der Waals surface area contributed by atoms with Crippen molar-refractivity contribution in [2.24, 2.45) is 0 Å². The fourth-order valence-corrected chi connectivity index (χ4v) is 1.35. The van der Waals surface area contributed by atoms with E-state index in [2.05, 4.69) is 20.0 Å². The molecule has 2 heterocycles. The molecule has 1 aromatic heterocycles. The highest BCUT2D eigenvalue weighted by atomic mass is 16.7. The van der Waals surface area contributed by atoms with Crippen LogP contribution in [0.15, 0.2) is 6.33 Å². The second-order valence-electron chi connectivity index (χ2n) is 2.79. The predicted octanol–water partition coefficient (Wildman–Crippen LogP) is 0.0761. The van der Waals surface area contributed by atoms with Crippen LogP contribution in [0.2, 0.25) is 0 Å². The van der Waals surface area contributed by atoms with Crippen molar-refractivity contribution in [3.63, 3.8) is 0 Å². The van der Waals surface area contributed by atoms with Crippen molar-refractivity contribution in [3.8, 4) is 0 Å². The molecule has 2 rings (SSSR count). The summed E-state index contributed by atoms with van der Waals surface area (Å²) in [6, 6.07) is 0. The monoisotopic (exact) mass is 183 g/mol. The highest BCUT2D eigenvalue weighted by Gasteiger charge is 2.22. The van der Waals surface area contributed by atoms with Crippen molar-refractivity contribution in [2.45, 2.75) is 19.2 Å². The topological polar surface area (TPSA) is 87.2 Å². The zero-order valence-corrected chi connectivity index (χ0v) is 6.78. The van der Waals surface area contributed by atoms with Crippen LogP contribution in [0.25, 0.3) is 0 Å². The number of nitrogens with one attached hydrogen (secondary N) is 2. The average molecular weight is 183 g/mol. The Morgan fingerprint density at radius 1 is 1.77 bits per heavy atom. The van der Waals surface area contributed by atoms with E-state index in [1.807, 2.05) is 0 Å². The van der Waals surface area contributed by atoms with Crippen LogP contribution < -0.4 is 5.32 Å². The Bertz CT molecular complexity index is 323. The number of nitrogens with zero attached hydrogens (tertiary/aromatic N) is 1. The smallest absolute Gasteiger partial charge is 0.450 e. The molecule has 0 bridgehead atoms. The summed E-state index contributed by atoms with van der Waals surface area (Å²) in [6.07, 6.45) is 0.324. The lowest BCUT2D eigenvalue weighted by Gasteiger charge is -2.21. The number of imidazole rings is 1. The van der Waals surface area contributed by atoms with E-state index in [9.17, 15) is 4.79 Å². The van der Waals surface area contributed by atoms with Gasteiger partial charge in [0, 0.05) is 13.0 Å². The summed E-state index contributed by atoms with van der Waals surface area (Å²) < 4.78 is 4.57. The lowest BCUT2D eigenvalue weighted by molar-refractivity contribution is 0.0325. The molecule has 1 unspecified atom stereocenters. The zero-order valence-electron chi connectivity index (χ0n) is 6.78. The SMILES string of the molecule is O=C(O)OC1Cc2nc[nH]c2CN1. The standard InChI is InChI=1S/C7H9N3O3/c11-7(12)13-6-1-4-5(2-8-6)10-3-9-4/h3,6,8H,1-2H2,(H,9,10)(H,11,12). The van der Waals surface area contributed by atoms with Crippen molar-refractivity contribution in [1.82, 2.24) is 15.3 Å². The normalized spacial score (nSPS) is 20.8. The van der Waals surface area contributed by atoms with E-state index in [4.69, 9.17) is 5.11 Å². The Morgan fingerprint density at radius 2 is 2.62 bits per heavy atom. The average Bonchev–Trinajstić information content (AvgIpc) is 2.49. The molecule has 1 aliphatic heterocycles. The minimum atomic E-state index is -1.27. The second kappa shape index (κ2) is 3.06. The first kappa shape index (κ1) is 8.06. The Morgan fingerprint density at radius 3 is 3.38 bits per heavy atom. The van der Waals surface area contributed by atoms with Crippen LogP contribution in [0.3, 0.4) is 0 Å². The molecule has 0 fully saturated rings. The largest absolute Gasteiger partial charge is 0.507 e. The summed E-state index contributed by atoms with van der Waals surface area (Å²) in [6.45, 7) is 0.563. The van der Waals surface area contributed by atoms with Crippen LogP contribution in [0.5, 0.6) is 0 Å². The van der Waals surface area contributed by atoms with Crippen LogP contribution in [0, 0.1) is 0 Å². The Labute approximate surface area is 73.9 Å². The molecule has 0 amide bonds. The van der Waals surface area contributed by atoms with Crippen LogP contribution in [-0.4, -0.2) is 27.5 Å². The molecule has 0 radical (unpaired) electrons. The van der Waals surface area contributed by atoms with Gasteiger partial charge in [-0.25, -0.2) is 9.78 Å². The molecule has 1 aromatic rings. The molecular formula is C7H9N3O3. The minimum Gasteiger partial charge on any atom is -0.450 e. The van der Waals surface area contributed by atoms with Gasteiger partial charge < -0.3 is 14.8 Å². The maximum Gasteiger partial charge on any atom is 0.507 e. The summed E-state index contributed by atoms with van der Waals surface area (Å²) in [5.41, 5.74) is 1.86. The third kappa shape index (κ3) is 1.62. The molecule has 0 saturated heterocycles. The second-order valence-corrected chi connectivity index (χ2v) is 2.79. The highest BCUT2D eigenvalue weighted by Crippen LogP contribution is 2.12. The van der Waals surface area contributed by atoms with Gasteiger partial charge in [-0.3, -0.25) is 5.32 Å². The molecule has 1 atom stereocenters. The van der Waals surface area contributed by atoms with E-state index < -0.39 is 12.4 Å². The molecule has 0 saturated carbocycles. The number of carbonyl (C=O) groups is 1. The van der Waals surface area contributed by atoms with Gasteiger partial charge >= 0.3 is 6.16 Å². The molecule has 1 aliphatic rings. The first-order valence-corrected chi connectivity index (χ1v) is 3.90. The van der Waals surface area contributed by atoms with Crippen LogP contribution in [-0.2, 0) is 17.7 Å². The molecule has 3 N–H and O–H groups in total. The van der Waals surface area contributed by atoms with Gasteiger partial charge in [-0.05, 0) is 0 Å². The van der Waals surface area contributed by atoms with E-state index in [0.29, 0.717) is 13.0 Å². The van der Waals surface area contributed by atoms with Crippen molar-refractivity contribution in [3.05, 3.63) is 17.7 Å². The number of rotatable bonds is 1. The Hall–Kier alpha value is -1.56. The summed E-state index contributed by atoms with van der Waals surface area (Å²) in [5.74, 6) is 0. The number of hydrogen-bond donors (Lipinski definition) is 3. The molecule has 70 valence electrons. The van der Waals surface area contributed by atoms with Gasteiger partial charge in [0.25, 0.3) is 0 Å².